The van der Waals surface area contributed by atoms with E-state index in [0.29, 0.717) is 5.04 Å². The van der Waals surface area contributed by atoms with E-state index in [1.807, 2.05) is 13.0 Å². The van der Waals surface area contributed by atoms with Gasteiger partial charge in [0.05, 0.1) is 6.10 Å². The van der Waals surface area contributed by atoms with Crippen molar-refractivity contribution in [2.24, 2.45) is 0 Å². The summed E-state index contributed by atoms with van der Waals surface area (Å²) < 4.78 is 2.48. The number of nitrogens with zero attached hydrogens (tertiary/aromatic N) is 1. The molecule has 0 spiro atoms. The molecule has 0 aliphatic rings. The second-order valence-electron chi connectivity index (χ2n) is 6.99. The molecule has 0 aliphatic heterocycles. The van der Waals surface area contributed by atoms with Gasteiger partial charge in [-0.25, -0.2) is 0 Å². The minimum absolute atomic E-state index is 0.307. The van der Waals surface area contributed by atoms with Crippen LogP contribution in [0.25, 0.3) is 10.9 Å². The van der Waals surface area contributed by atoms with Crippen LogP contribution in [0.2, 0.25) is 18.1 Å². The maximum atomic E-state index is 9.68. The molecular formula is C16H25NOSi. The topological polar surface area (TPSA) is 25.2 Å². The van der Waals surface area contributed by atoms with E-state index in [-0.39, 0.29) is 0 Å². The van der Waals surface area contributed by atoms with E-state index >= 15 is 0 Å². The average Bonchev–Trinajstić information content (AvgIpc) is 2.70. The van der Waals surface area contributed by atoms with Gasteiger partial charge in [-0.05, 0) is 47.3 Å². The highest BCUT2D eigenvalue weighted by Crippen LogP contribution is 2.39. The van der Waals surface area contributed by atoms with Crippen molar-refractivity contribution < 1.29 is 5.11 Å². The third-order valence-electron chi connectivity index (χ3n) is 4.63. The Kier molecular flexibility index (Phi) is 3.39. The summed E-state index contributed by atoms with van der Waals surface area (Å²) in [5, 5.41) is 11.2. The highest BCUT2D eigenvalue weighted by atomic mass is 28.3. The van der Waals surface area contributed by atoms with Crippen LogP contribution in [0, 0.1) is 0 Å². The molecule has 1 heterocycles. The molecule has 1 atom stereocenters. The van der Waals surface area contributed by atoms with Gasteiger partial charge in [0.2, 0.25) is 0 Å². The fraction of sp³-hybridized carbons (Fsp3) is 0.500. The number of fused-ring (bicyclic) bond motifs is 1. The van der Waals surface area contributed by atoms with Gasteiger partial charge < -0.3 is 9.34 Å². The number of aliphatic hydroxyl groups excluding tert-OH is 1. The quantitative estimate of drug-likeness (QED) is 0.799. The SMILES string of the molecule is CC(O)c1ccc2c(ccn2[Si](C)(C)C(C)(C)C)c1. The van der Waals surface area contributed by atoms with Gasteiger partial charge in [0.15, 0.2) is 8.24 Å². The van der Waals surface area contributed by atoms with Crippen LogP contribution in [-0.2, 0) is 0 Å². The first-order chi connectivity index (χ1) is 8.64. The molecule has 0 fully saturated rings. The number of hydrogen-bond donors (Lipinski definition) is 1. The molecule has 0 saturated carbocycles. The first kappa shape index (κ1) is 14.3. The largest absolute Gasteiger partial charge is 0.389 e. The van der Waals surface area contributed by atoms with Gasteiger partial charge in [0, 0.05) is 5.52 Å². The maximum absolute atomic E-state index is 9.68. The van der Waals surface area contributed by atoms with Crippen LogP contribution in [-0.4, -0.2) is 17.6 Å². The molecule has 3 heteroatoms. The van der Waals surface area contributed by atoms with Crippen molar-refractivity contribution in [1.82, 2.24) is 4.23 Å². The fourth-order valence-corrected chi connectivity index (χ4v) is 4.25. The number of benzene rings is 1. The predicted molar refractivity (Wildman–Crippen MR) is 85.2 cm³/mol. The van der Waals surface area contributed by atoms with Crippen LogP contribution in [0.4, 0.5) is 0 Å². The Bertz CT molecular complexity index is 590. The van der Waals surface area contributed by atoms with Crippen molar-refractivity contribution >= 4 is 19.1 Å². The molecule has 1 unspecified atom stereocenters. The second kappa shape index (κ2) is 4.49. The standard InChI is InChI=1S/C16H25NOSi/c1-12(18)13-7-8-15-14(11-13)9-10-17(15)19(5,6)16(2,3)4/h7-12,18H,1-6H3. The van der Waals surface area contributed by atoms with Crippen LogP contribution < -0.4 is 0 Å². The third-order valence-corrected chi connectivity index (χ3v) is 9.90. The molecule has 1 aromatic heterocycles. The molecular weight excluding hydrogens is 250 g/mol. The number of hydrogen-bond acceptors (Lipinski definition) is 1. The summed E-state index contributed by atoms with van der Waals surface area (Å²) in [5.74, 6) is 0. The lowest BCUT2D eigenvalue weighted by Crippen LogP contribution is -2.44. The summed E-state index contributed by atoms with van der Waals surface area (Å²) in [6.45, 7) is 13.6. The summed E-state index contributed by atoms with van der Waals surface area (Å²) in [7, 11) is -1.58. The van der Waals surface area contributed by atoms with Crippen molar-refractivity contribution in [3.63, 3.8) is 0 Å². The molecule has 2 nitrogen and oxygen atoms in total. The highest BCUT2D eigenvalue weighted by molar-refractivity contribution is 6.79. The first-order valence-electron chi connectivity index (χ1n) is 6.94. The Morgan fingerprint density at radius 1 is 1.16 bits per heavy atom. The Morgan fingerprint density at radius 3 is 2.32 bits per heavy atom. The summed E-state index contributed by atoms with van der Waals surface area (Å²) in [5.41, 5.74) is 2.27. The number of aliphatic hydroxyl groups is 1. The van der Waals surface area contributed by atoms with E-state index in [2.05, 4.69) is 62.5 Å². The van der Waals surface area contributed by atoms with Crippen molar-refractivity contribution in [3.8, 4) is 0 Å². The second-order valence-corrected chi connectivity index (χ2v) is 12.1. The third kappa shape index (κ3) is 2.37. The lowest BCUT2D eigenvalue weighted by molar-refractivity contribution is 0.199. The van der Waals surface area contributed by atoms with Gasteiger partial charge in [-0.15, -0.1) is 0 Å². The molecule has 104 valence electrons. The first-order valence-corrected chi connectivity index (χ1v) is 9.89. The zero-order valence-corrected chi connectivity index (χ0v) is 13.9. The Morgan fingerprint density at radius 2 is 1.79 bits per heavy atom. The van der Waals surface area contributed by atoms with E-state index in [4.69, 9.17) is 0 Å². The van der Waals surface area contributed by atoms with E-state index in [9.17, 15) is 5.11 Å². The minimum atomic E-state index is -1.58. The smallest absolute Gasteiger partial charge is 0.161 e. The maximum Gasteiger partial charge on any atom is 0.161 e. The lowest BCUT2D eigenvalue weighted by atomic mass is 10.1. The van der Waals surface area contributed by atoms with Crippen LogP contribution in [0.1, 0.15) is 39.4 Å². The van der Waals surface area contributed by atoms with E-state index in [1.165, 1.54) is 10.9 Å². The molecule has 2 aromatic rings. The molecule has 1 aromatic carbocycles. The summed E-state index contributed by atoms with van der Waals surface area (Å²) in [6, 6.07) is 8.46. The zero-order valence-electron chi connectivity index (χ0n) is 12.9. The van der Waals surface area contributed by atoms with Crippen molar-refractivity contribution in [1.29, 1.82) is 0 Å². The van der Waals surface area contributed by atoms with Crippen molar-refractivity contribution in [2.45, 2.75) is 51.9 Å². The molecule has 0 radical (unpaired) electrons. The Balaban J connectivity index is 2.59. The molecule has 0 aliphatic carbocycles. The summed E-state index contributed by atoms with van der Waals surface area (Å²) in [6.07, 6.45) is 1.81. The van der Waals surface area contributed by atoms with Crippen LogP contribution >= 0.6 is 0 Å². The number of rotatable bonds is 2. The Labute approximate surface area is 117 Å². The fourth-order valence-electron chi connectivity index (χ4n) is 2.27. The van der Waals surface area contributed by atoms with Gasteiger partial charge >= 0.3 is 0 Å². The van der Waals surface area contributed by atoms with Crippen LogP contribution in [0.3, 0.4) is 0 Å². The Hall–Kier alpha value is -1.06. The molecule has 0 amide bonds. The van der Waals surface area contributed by atoms with Gasteiger partial charge in [-0.2, -0.15) is 0 Å². The molecule has 2 rings (SSSR count). The van der Waals surface area contributed by atoms with Crippen molar-refractivity contribution in [3.05, 3.63) is 36.0 Å². The van der Waals surface area contributed by atoms with Crippen LogP contribution in [0.5, 0.6) is 0 Å². The minimum Gasteiger partial charge on any atom is -0.389 e. The average molecular weight is 275 g/mol. The van der Waals surface area contributed by atoms with Gasteiger partial charge in [0.1, 0.15) is 0 Å². The number of aromatic nitrogens is 1. The summed E-state index contributed by atoms with van der Waals surface area (Å²) >= 11 is 0. The molecule has 0 saturated heterocycles. The van der Waals surface area contributed by atoms with Gasteiger partial charge in [-0.3, -0.25) is 0 Å². The van der Waals surface area contributed by atoms with E-state index in [0.717, 1.165) is 5.56 Å². The van der Waals surface area contributed by atoms with Crippen molar-refractivity contribution in [2.75, 3.05) is 0 Å². The predicted octanol–water partition coefficient (Wildman–Crippen LogP) is 4.55. The normalized spacial score (nSPS) is 14.9. The zero-order chi connectivity index (χ0) is 14.4. The lowest BCUT2D eigenvalue weighted by Gasteiger charge is -2.38. The van der Waals surface area contributed by atoms with Gasteiger partial charge in [-0.1, -0.05) is 39.9 Å². The molecule has 0 bridgehead atoms. The summed E-state index contributed by atoms with van der Waals surface area (Å²) in [4.78, 5) is 0. The van der Waals surface area contributed by atoms with Gasteiger partial charge in [0.25, 0.3) is 0 Å². The van der Waals surface area contributed by atoms with E-state index < -0.39 is 14.3 Å². The van der Waals surface area contributed by atoms with E-state index in [1.54, 1.807) is 0 Å². The van der Waals surface area contributed by atoms with Crippen LogP contribution in [0.15, 0.2) is 30.5 Å². The molecule has 1 N–H and O–H groups in total. The molecule has 19 heavy (non-hydrogen) atoms. The monoisotopic (exact) mass is 275 g/mol. The highest BCUT2D eigenvalue weighted by Gasteiger charge is 2.37.